The third-order valence-corrected chi connectivity index (χ3v) is 2.67. The van der Waals surface area contributed by atoms with Crippen LogP contribution in [0.5, 0.6) is 0 Å². The molecule has 4 heteroatoms. The molecule has 0 atom stereocenters. The second kappa shape index (κ2) is 6.15. The second-order valence-corrected chi connectivity index (χ2v) is 4.89. The lowest BCUT2D eigenvalue weighted by atomic mass is 9.95. The lowest BCUT2D eigenvalue weighted by molar-refractivity contribution is -0.121. The molecule has 1 amide bonds. The Hall–Kier alpha value is -1.89. The normalized spacial score (nSPS) is 10.8. The number of hydrogen-bond acceptors (Lipinski definition) is 2. The van der Waals surface area contributed by atoms with Crippen molar-refractivity contribution < 1.29 is 9.18 Å². The Morgan fingerprint density at radius 2 is 2.00 bits per heavy atom. The first-order valence-corrected chi connectivity index (χ1v) is 5.85. The number of carbonyl (C=O) groups is 1. The molecule has 0 spiro atoms. The van der Waals surface area contributed by atoms with Crippen LogP contribution in [0, 0.1) is 17.1 Å². The number of halogens is 1. The summed E-state index contributed by atoms with van der Waals surface area (Å²) in [6, 6.07) is 8.15. The number of nitrogens with zero attached hydrogens (tertiary/aromatic N) is 1. The molecule has 0 heterocycles. The van der Waals surface area contributed by atoms with Crippen LogP contribution in [0.15, 0.2) is 24.3 Å². The van der Waals surface area contributed by atoms with E-state index in [9.17, 15) is 9.18 Å². The van der Waals surface area contributed by atoms with E-state index in [1.54, 1.807) is 12.1 Å². The summed E-state index contributed by atoms with van der Waals surface area (Å²) >= 11 is 0. The number of amides is 1. The first kappa shape index (κ1) is 14.2. The maximum Gasteiger partial charge on any atom is 0.234 e. The average Bonchev–Trinajstić information content (AvgIpc) is 2.28. The van der Waals surface area contributed by atoms with E-state index >= 15 is 0 Å². The second-order valence-electron chi connectivity index (χ2n) is 4.89. The molecule has 0 aliphatic heterocycles. The Balaban J connectivity index is 2.48. The molecule has 1 aromatic rings. The molecule has 0 bridgehead atoms. The number of nitriles is 1. The van der Waals surface area contributed by atoms with Crippen LogP contribution in [0.2, 0.25) is 0 Å². The maximum absolute atomic E-state index is 12.7. The van der Waals surface area contributed by atoms with Crippen LogP contribution >= 0.6 is 0 Å². The highest BCUT2D eigenvalue weighted by Crippen LogP contribution is 2.14. The highest BCUT2D eigenvalue weighted by atomic mass is 19.1. The summed E-state index contributed by atoms with van der Waals surface area (Å²) in [7, 11) is 0. The summed E-state index contributed by atoms with van der Waals surface area (Å²) in [6.07, 6.45) is 1.36. The molecule has 0 aromatic heterocycles. The monoisotopic (exact) mass is 248 g/mol. The minimum Gasteiger partial charge on any atom is -0.350 e. The van der Waals surface area contributed by atoms with E-state index in [0.29, 0.717) is 0 Å². The molecule has 96 valence electrons. The molecule has 1 aromatic carbocycles. The van der Waals surface area contributed by atoms with Gasteiger partial charge in [-0.15, -0.1) is 0 Å². The van der Waals surface area contributed by atoms with Gasteiger partial charge in [-0.25, -0.2) is 4.39 Å². The van der Waals surface area contributed by atoms with Gasteiger partial charge in [-0.2, -0.15) is 5.26 Å². The summed E-state index contributed by atoms with van der Waals surface area (Å²) in [4.78, 5) is 11.3. The smallest absolute Gasteiger partial charge is 0.234 e. The third kappa shape index (κ3) is 4.96. The van der Waals surface area contributed by atoms with Crippen molar-refractivity contribution >= 4 is 5.91 Å². The van der Waals surface area contributed by atoms with Gasteiger partial charge in [0.1, 0.15) is 12.2 Å². The largest absolute Gasteiger partial charge is 0.350 e. The van der Waals surface area contributed by atoms with Crippen molar-refractivity contribution in [3.63, 3.8) is 0 Å². The number of rotatable bonds is 5. The molecule has 1 rings (SSSR count). The molecule has 0 fully saturated rings. The van der Waals surface area contributed by atoms with Crippen molar-refractivity contribution in [3.05, 3.63) is 35.6 Å². The zero-order valence-electron chi connectivity index (χ0n) is 10.7. The van der Waals surface area contributed by atoms with E-state index in [-0.39, 0.29) is 23.7 Å². The van der Waals surface area contributed by atoms with Crippen LogP contribution in [0.1, 0.15) is 32.3 Å². The van der Waals surface area contributed by atoms with Crippen molar-refractivity contribution in [2.75, 3.05) is 0 Å². The molecular formula is C14H17FN2O. The van der Waals surface area contributed by atoms with Crippen LogP contribution in [0.25, 0.3) is 0 Å². The fourth-order valence-electron chi connectivity index (χ4n) is 1.66. The summed E-state index contributed by atoms with van der Waals surface area (Å²) in [5.41, 5.74) is 0.654. The third-order valence-electron chi connectivity index (χ3n) is 2.67. The van der Waals surface area contributed by atoms with Gasteiger partial charge in [0.15, 0.2) is 0 Å². The van der Waals surface area contributed by atoms with E-state index in [1.807, 2.05) is 19.9 Å². The fraction of sp³-hybridized carbons (Fsp3) is 0.429. The molecule has 0 saturated heterocycles. The van der Waals surface area contributed by atoms with Crippen molar-refractivity contribution in [3.8, 4) is 6.07 Å². The van der Waals surface area contributed by atoms with Gasteiger partial charge < -0.3 is 5.32 Å². The molecule has 0 saturated carbocycles. The van der Waals surface area contributed by atoms with E-state index in [4.69, 9.17) is 5.26 Å². The van der Waals surface area contributed by atoms with Gasteiger partial charge in [0.2, 0.25) is 5.91 Å². The first-order valence-electron chi connectivity index (χ1n) is 5.85. The molecule has 18 heavy (non-hydrogen) atoms. The lowest BCUT2D eigenvalue weighted by Gasteiger charge is -2.26. The zero-order chi connectivity index (χ0) is 13.6. The molecule has 0 aliphatic carbocycles. The summed E-state index contributed by atoms with van der Waals surface area (Å²) in [5, 5.41) is 11.2. The van der Waals surface area contributed by atoms with Crippen LogP contribution in [0.4, 0.5) is 4.39 Å². The molecule has 3 nitrogen and oxygen atoms in total. The number of aryl methyl sites for hydroxylation is 1. The quantitative estimate of drug-likeness (QED) is 0.870. The van der Waals surface area contributed by atoms with Gasteiger partial charge >= 0.3 is 0 Å². The number of carbonyl (C=O) groups excluding carboxylic acids is 1. The van der Waals surface area contributed by atoms with Crippen LogP contribution in [-0.2, 0) is 11.2 Å². The van der Waals surface area contributed by atoms with Crippen LogP contribution < -0.4 is 5.32 Å². The molecule has 0 unspecified atom stereocenters. The highest BCUT2D eigenvalue weighted by molar-refractivity contribution is 5.78. The van der Waals surface area contributed by atoms with Crippen molar-refractivity contribution in [1.82, 2.24) is 5.32 Å². The number of nitrogens with one attached hydrogen (secondary N) is 1. The van der Waals surface area contributed by atoms with Crippen molar-refractivity contribution in [1.29, 1.82) is 5.26 Å². The Morgan fingerprint density at radius 3 is 2.56 bits per heavy atom. The Kier molecular flexibility index (Phi) is 4.85. The van der Waals surface area contributed by atoms with Gasteiger partial charge in [-0.3, -0.25) is 4.79 Å². The zero-order valence-corrected chi connectivity index (χ0v) is 10.7. The van der Waals surface area contributed by atoms with Gasteiger partial charge in [0.25, 0.3) is 0 Å². The SMILES string of the molecule is CC(C)(CCc1ccc(F)cc1)NC(=O)CC#N. The van der Waals surface area contributed by atoms with E-state index in [2.05, 4.69) is 5.32 Å². The predicted molar refractivity (Wildman–Crippen MR) is 67.2 cm³/mol. The minimum atomic E-state index is -0.373. The molecule has 0 radical (unpaired) electrons. The number of hydrogen-bond donors (Lipinski definition) is 1. The van der Waals surface area contributed by atoms with Crippen molar-refractivity contribution in [2.45, 2.75) is 38.6 Å². The van der Waals surface area contributed by atoms with Crippen molar-refractivity contribution in [2.24, 2.45) is 0 Å². The van der Waals surface area contributed by atoms with Gasteiger partial charge in [-0.05, 0) is 44.4 Å². The fourth-order valence-corrected chi connectivity index (χ4v) is 1.66. The first-order chi connectivity index (χ1) is 8.43. The lowest BCUT2D eigenvalue weighted by Crippen LogP contribution is -2.43. The molecular weight excluding hydrogens is 231 g/mol. The minimum absolute atomic E-state index is 0.125. The van der Waals surface area contributed by atoms with Gasteiger partial charge in [0, 0.05) is 5.54 Å². The van der Waals surface area contributed by atoms with Gasteiger partial charge in [-0.1, -0.05) is 12.1 Å². The standard InChI is InChI=1S/C14H17FN2O/c1-14(2,17-13(18)8-10-16)9-7-11-3-5-12(15)6-4-11/h3-6H,7-9H2,1-2H3,(H,17,18). The van der Waals surface area contributed by atoms with Crippen LogP contribution in [0.3, 0.4) is 0 Å². The molecule has 1 N–H and O–H groups in total. The maximum atomic E-state index is 12.7. The topological polar surface area (TPSA) is 52.9 Å². The number of benzene rings is 1. The Morgan fingerprint density at radius 1 is 1.39 bits per heavy atom. The summed E-state index contributed by atoms with van der Waals surface area (Å²) in [5.74, 6) is -0.512. The highest BCUT2D eigenvalue weighted by Gasteiger charge is 2.19. The molecule has 0 aliphatic rings. The average molecular weight is 248 g/mol. The van der Waals surface area contributed by atoms with E-state index in [0.717, 1.165) is 18.4 Å². The predicted octanol–water partition coefficient (Wildman–Crippen LogP) is 2.57. The van der Waals surface area contributed by atoms with E-state index in [1.165, 1.54) is 12.1 Å². The Bertz CT molecular complexity index is 446. The Labute approximate surface area is 107 Å². The summed E-state index contributed by atoms with van der Waals surface area (Å²) in [6.45, 7) is 3.82. The van der Waals surface area contributed by atoms with E-state index < -0.39 is 0 Å². The van der Waals surface area contributed by atoms with Gasteiger partial charge in [0.05, 0.1) is 6.07 Å². The summed E-state index contributed by atoms with van der Waals surface area (Å²) < 4.78 is 12.7. The van der Waals surface area contributed by atoms with Crippen LogP contribution in [-0.4, -0.2) is 11.4 Å².